The molecule has 2 rings (SSSR count). The van der Waals surface area contributed by atoms with E-state index in [-0.39, 0.29) is 5.91 Å². The summed E-state index contributed by atoms with van der Waals surface area (Å²) in [7, 11) is 0. The molecule has 82 valence electrons. The van der Waals surface area contributed by atoms with Gasteiger partial charge in [0.25, 0.3) is 5.91 Å². The molecule has 0 aromatic heterocycles. The zero-order chi connectivity index (χ0) is 11.7. The zero-order valence-corrected chi connectivity index (χ0v) is 8.91. The molecule has 1 aromatic carbocycles. The van der Waals surface area contributed by atoms with Crippen molar-refractivity contribution in [1.82, 2.24) is 10.6 Å². The maximum atomic E-state index is 11.4. The Bertz CT molecular complexity index is 462. The zero-order valence-electron chi connectivity index (χ0n) is 8.91. The average molecular weight is 216 g/mol. The molecular formula is C12H12N2O2. The molecular weight excluding hydrogens is 204 g/mol. The first-order chi connectivity index (χ1) is 7.58. The van der Waals surface area contributed by atoms with E-state index >= 15 is 0 Å². The first kappa shape index (κ1) is 10.4. The number of rotatable bonds is 2. The summed E-state index contributed by atoms with van der Waals surface area (Å²) in [6.07, 6.45) is 0. The highest BCUT2D eigenvalue weighted by Crippen LogP contribution is 2.19. The van der Waals surface area contributed by atoms with Gasteiger partial charge in [-0.2, -0.15) is 0 Å². The van der Waals surface area contributed by atoms with Crippen LogP contribution in [-0.4, -0.2) is 11.9 Å². The molecule has 0 saturated carbocycles. The Labute approximate surface area is 93.3 Å². The third-order valence-electron chi connectivity index (χ3n) is 2.51. The van der Waals surface area contributed by atoms with E-state index in [1.165, 1.54) is 0 Å². The normalized spacial score (nSPS) is 19.2. The van der Waals surface area contributed by atoms with Gasteiger partial charge in [0.2, 0.25) is 0 Å². The monoisotopic (exact) mass is 216 g/mol. The third-order valence-corrected chi connectivity index (χ3v) is 2.51. The predicted octanol–water partition coefficient (Wildman–Crippen LogP) is 1.60. The van der Waals surface area contributed by atoms with Gasteiger partial charge in [0.15, 0.2) is 0 Å². The second-order valence-electron chi connectivity index (χ2n) is 3.80. The lowest BCUT2D eigenvalue weighted by Crippen LogP contribution is -2.22. The van der Waals surface area contributed by atoms with Crippen LogP contribution in [0.3, 0.4) is 0 Å². The van der Waals surface area contributed by atoms with E-state index in [9.17, 15) is 9.59 Å². The van der Waals surface area contributed by atoms with Crippen molar-refractivity contribution in [2.75, 3.05) is 0 Å². The van der Waals surface area contributed by atoms with E-state index in [4.69, 9.17) is 0 Å². The molecule has 2 N–H and O–H groups in total. The molecule has 1 heterocycles. The van der Waals surface area contributed by atoms with Crippen LogP contribution in [0.1, 0.15) is 24.1 Å². The first-order valence-corrected chi connectivity index (χ1v) is 4.95. The van der Waals surface area contributed by atoms with Gasteiger partial charge in [-0.3, -0.25) is 10.1 Å². The molecule has 1 aromatic rings. The lowest BCUT2D eigenvalue weighted by molar-refractivity contribution is -0.120. The SMILES string of the molecule is C=C(C)c1ccc([C@H]2NC(=O)NC2=O)cc1. The van der Waals surface area contributed by atoms with Gasteiger partial charge in [-0.1, -0.05) is 36.4 Å². The van der Waals surface area contributed by atoms with Crippen LogP contribution < -0.4 is 10.6 Å². The summed E-state index contributed by atoms with van der Waals surface area (Å²) >= 11 is 0. The maximum absolute atomic E-state index is 11.4. The topological polar surface area (TPSA) is 58.2 Å². The van der Waals surface area contributed by atoms with Crippen molar-refractivity contribution in [2.24, 2.45) is 0 Å². The van der Waals surface area contributed by atoms with Gasteiger partial charge < -0.3 is 5.32 Å². The summed E-state index contributed by atoms with van der Waals surface area (Å²) in [5, 5.41) is 4.74. The number of imide groups is 1. The van der Waals surface area contributed by atoms with Gasteiger partial charge in [0.05, 0.1) is 0 Å². The van der Waals surface area contributed by atoms with Crippen LogP contribution in [0, 0.1) is 0 Å². The molecule has 4 heteroatoms. The Hall–Kier alpha value is -2.10. The van der Waals surface area contributed by atoms with Crippen LogP contribution in [0.4, 0.5) is 4.79 Å². The molecule has 4 nitrogen and oxygen atoms in total. The molecule has 0 bridgehead atoms. The number of amides is 3. The average Bonchev–Trinajstić information content (AvgIpc) is 2.58. The molecule has 1 atom stereocenters. The van der Waals surface area contributed by atoms with Gasteiger partial charge in [0, 0.05) is 0 Å². The highest BCUT2D eigenvalue weighted by molar-refractivity contribution is 6.04. The van der Waals surface area contributed by atoms with Crippen LogP contribution in [0.5, 0.6) is 0 Å². The number of nitrogens with one attached hydrogen (secondary N) is 2. The number of urea groups is 1. The van der Waals surface area contributed by atoms with E-state index in [1.54, 1.807) is 0 Å². The largest absolute Gasteiger partial charge is 0.322 e. The maximum Gasteiger partial charge on any atom is 0.322 e. The number of benzene rings is 1. The van der Waals surface area contributed by atoms with Crippen LogP contribution in [0.2, 0.25) is 0 Å². The van der Waals surface area contributed by atoms with Crippen LogP contribution >= 0.6 is 0 Å². The summed E-state index contributed by atoms with van der Waals surface area (Å²) in [5.41, 5.74) is 2.76. The number of hydrogen-bond donors (Lipinski definition) is 2. The minimum absolute atomic E-state index is 0.312. The fourth-order valence-corrected chi connectivity index (χ4v) is 1.61. The highest BCUT2D eigenvalue weighted by Gasteiger charge is 2.30. The Morgan fingerprint density at radius 3 is 2.31 bits per heavy atom. The Morgan fingerprint density at radius 1 is 1.25 bits per heavy atom. The van der Waals surface area contributed by atoms with E-state index in [0.29, 0.717) is 0 Å². The van der Waals surface area contributed by atoms with E-state index in [1.807, 2.05) is 31.2 Å². The molecule has 1 aliphatic heterocycles. The fourth-order valence-electron chi connectivity index (χ4n) is 1.61. The van der Waals surface area contributed by atoms with Crippen LogP contribution in [0.25, 0.3) is 5.57 Å². The molecule has 0 unspecified atom stereocenters. The molecule has 1 saturated heterocycles. The van der Waals surface area contributed by atoms with Crippen molar-refractivity contribution in [1.29, 1.82) is 0 Å². The number of carbonyl (C=O) groups is 2. The predicted molar refractivity (Wildman–Crippen MR) is 60.6 cm³/mol. The first-order valence-electron chi connectivity index (χ1n) is 4.95. The quantitative estimate of drug-likeness (QED) is 0.738. The number of carbonyl (C=O) groups excluding carboxylic acids is 2. The summed E-state index contributed by atoms with van der Waals surface area (Å²) < 4.78 is 0. The lowest BCUT2D eigenvalue weighted by atomic mass is 10.0. The second kappa shape index (κ2) is 3.81. The highest BCUT2D eigenvalue weighted by atomic mass is 16.2. The smallest absolute Gasteiger partial charge is 0.322 e. The van der Waals surface area contributed by atoms with E-state index in [2.05, 4.69) is 17.2 Å². The minimum Gasteiger partial charge on any atom is -0.322 e. The van der Waals surface area contributed by atoms with E-state index in [0.717, 1.165) is 16.7 Å². The standard InChI is InChI=1S/C12H12N2O2/c1-7(2)8-3-5-9(6-4-8)10-11(15)14-12(16)13-10/h3-6,10H,1H2,2H3,(H2,13,14,15,16)/t10-/m1/s1. The molecule has 16 heavy (non-hydrogen) atoms. The van der Waals surface area contributed by atoms with Gasteiger partial charge >= 0.3 is 6.03 Å². The van der Waals surface area contributed by atoms with Gasteiger partial charge in [0.1, 0.15) is 6.04 Å². The third kappa shape index (κ3) is 1.82. The molecule has 1 aliphatic rings. The van der Waals surface area contributed by atoms with Crippen molar-refractivity contribution in [3.8, 4) is 0 Å². The van der Waals surface area contributed by atoms with Crippen LogP contribution in [-0.2, 0) is 4.79 Å². The molecule has 0 radical (unpaired) electrons. The Kier molecular flexibility index (Phi) is 2.48. The van der Waals surface area contributed by atoms with Crippen molar-refractivity contribution < 1.29 is 9.59 Å². The van der Waals surface area contributed by atoms with E-state index < -0.39 is 12.1 Å². The van der Waals surface area contributed by atoms with Crippen molar-refractivity contribution >= 4 is 17.5 Å². The van der Waals surface area contributed by atoms with Gasteiger partial charge in [-0.25, -0.2) is 4.79 Å². The Morgan fingerprint density at radius 2 is 1.88 bits per heavy atom. The fraction of sp³-hybridized carbons (Fsp3) is 0.167. The summed E-state index contributed by atoms with van der Waals surface area (Å²) in [4.78, 5) is 22.3. The number of hydrogen-bond acceptors (Lipinski definition) is 2. The van der Waals surface area contributed by atoms with Gasteiger partial charge in [-0.15, -0.1) is 0 Å². The summed E-state index contributed by atoms with van der Waals surface area (Å²) in [6.45, 7) is 5.75. The summed E-state index contributed by atoms with van der Waals surface area (Å²) in [5.74, 6) is -0.312. The second-order valence-corrected chi connectivity index (χ2v) is 3.80. The number of allylic oxidation sites excluding steroid dienone is 1. The molecule has 0 aliphatic carbocycles. The molecule has 3 amide bonds. The van der Waals surface area contributed by atoms with Crippen molar-refractivity contribution in [3.05, 3.63) is 42.0 Å². The van der Waals surface area contributed by atoms with Crippen molar-refractivity contribution in [2.45, 2.75) is 13.0 Å². The van der Waals surface area contributed by atoms with Crippen molar-refractivity contribution in [3.63, 3.8) is 0 Å². The molecule has 0 spiro atoms. The van der Waals surface area contributed by atoms with Crippen LogP contribution in [0.15, 0.2) is 30.8 Å². The lowest BCUT2D eigenvalue weighted by Gasteiger charge is -2.08. The Balaban J connectivity index is 2.25. The minimum atomic E-state index is -0.577. The summed E-state index contributed by atoms with van der Waals surface area (Å²) in [6, 6.07) is 6.38. The molecule has 1 fully saturated rings. The van der Waals surface area contributed by atoms with Gasteiger partial charge in [-0.05, 0) is 18.1 Å².